The highest BCUT2D eigenvalue weighted by atomic mass is 32.2. The Morgan fingerprint density at radius 3 is 2.33 bits per heavy atom. The zero-order chi connectivity index (χ0) is 21.9. The molecule has 1 amide bonds. The number of anilines is 1. The van der Waals surface area contributed by atoms with Crippen LogP contribution in [-0.2, 0) is 15.0 Å². The number of hydrogen-bond acceptors (Lipinski definition) is 4. The van der Waals surface area contributed by atoms with E-state index in [0.717, 1.165) is 24.6 Å². The lowest BCUT2D eigenvalue weighted by atomic mass is 9.97. The quantitative estimate of drug-likeness (QED) is 0.744. The molecule has 1 aromatic rings. The van der Waals surface area contributed by atoms with Crippen LogP contribution in [-0.4, -0.2) is 63.2 Å². The highest BCUT2D eigenvalue weighted by molar-refractivity contribution is 7.86. The minimum absolute atomic E-state index is 0.0738. The number of nitrogens with one attached hydrogen (secondary N) is 1. The fraction of sp³-hybridized carbons (Fsp3) is 0.682. The van der Waals surface area contributed by atoms with E-state index in [1.54, 1.807) is 0 Å². The molecule has 2 fully saturated rings. The van der Waals surface area contributed by atoms with Crippen molar-refractivity contribution in [1.82, 2.24) is 13.9 Å². The Balaban J connectivity index is 1.57. The van der Waals surface area contributed by atoms with Crippen LogP contribution in [0.4, 0.5) is 5.69 Å². The van der Waals surface area contributed by atoms with E-state index in [2.05, 4.69) is 41.4 Å². The van der Waals surface area contributed by atoms with Gasteiger partial charge in [-0.1, -0.05) is 19.1 Å². The fourth-order valence-corrected chi connectivity index (χ4v) is 5.44. The molecule has 2 aliphatic heterocycles. The molecule has 2 atom stereocenters. The molecule has 0 radical (unpaired) electrons. The second-order valence-electron chi connectivity index (χ2n) is 8.98. The predicted octanol–water partition coefficient (Wildman–Crippen LogP) is 2.62. The van der Waals surface area contributed by atoms with Crippen molar-refractivity contribution in [1.29, 1.82) is 0 Å². The maximum atomic E-state index is 12.8. The zero-order valence-electron chi connectivity index (χ0n) is 18.7. The molecule has 168 valence electrons. The van der Waals surface area contributed by atoms with Crippen LogP contribution in [0, 0.1) is 11.8 Å². The highest BCUT2D eigenvalue weighted by Crippen LogP contribution is 2.25. The van der Waals surface area contributed by atoms with Crippen LogP contribution in [0.1, 0.15) is 51.1 Å². The number of rotatable bonds is 6. The molecule has 0 aliphatic carbocycles. The van der Waals surface area contributed by atoms with Gasteiger partial charge in [0, 0.05) is 46.0 Å². The predicted molar refractivity (Wildman–Crippen MR) is 121 cm³/mol. The lowest BCUT2D eigenvalue weighted by Gasteiger charge is -2.33. The van der Waals surface area contributed by atoms with E-state index in [0.29, 0.717) is 19.4 Å². The average molecular weight is 437 g/mol. The van der Waals surface area contributed by atoms with Crippen LogP contribution in [0.2, 0.25) is 0 Å². The van der Waals surface area contributed by atoms with Crippen LogP contribution >= 0.6 is 0 Å². The molecule has 0 saturated carbocycles. The molecule has 0 bridgehead atoms. The van der Waals surface area contributed by atoms with Gasteiger partial charge in [-0.05, 0) is 56.2 Å². The summed E-state index contributed by atoms with van der Waals surface area (Å²) in [6.45, 7) is 7.20. The summed E-state index contributed by atoms with van der Waals surface area (Å²) in [5.41, 5.74) is 2.30. The molecule has 0 unspecified atom stereocenters. The summed E-state index contributed by atoms with van der Waals surface area (Å²) in [5, 5.41) is 3.08. The van der Waals surface area contributed by atoms with Crippen LogP contribution < -0.4 is 10.2 Å². The standard InChI is InChI=1S/C22H36N4O3S/c1-17-11-14-25(15-12-17)21-9-7-19(8-10-21)18(2)23-22(27)20-6-5-13-26(16-20)30(28,29)24(3)4/h7-10,17-18,20H,5-6,11-16H2,1-4H3,(H,23,27)/t18-,20+/m1/s1. The first-order valence-corrected chi connectivity index (χ1v) is 12.4. The Bertz CT molecular complexity index is 817. The number of hydrogen-bond donors (Lipinski definition) is 1. The van der Waals surface area contributed by atoms with E-state index in [-0.39, 0.29) is 24.4 Å². The molecule has 0 spiro atoms. The molecule has 1 aromatic carbocycles. The lowest BCUT2D eigenvalue weighted by molar-refractivity contribution is -0.126. The van der Waals surface area contributed by atoms with E-state index in [9.17, 15) is 13.2 Å². The summed E-state index contributed by atoms with van der Waals surface area (Å²) in [4.78, 5) is 15.2. The lowest BCUT2D eigenvalue weighted by Crippen LogP contribution is -2.49. The number of nitrogens with zero attached hydrogens (tertiary/aromatic N) is 3. The molecule has 1 N–H and O–H groups in total. The van der Waals surface area contributed by atoms with Crippen molar-refractivity contribution in [2.75, 3.05) is 45.2 Å². The highest BCUT2D eigenvalue weighted by Gasteiger charge is 2.33. The van der Waals surface area contributed by atoms with E-state index >= 15 is 0 Å². The maximum absolute atomic E-state index is 12.8. The van der Waals surface area contributed by atoms with Crippen molar-refractivity contribution >= 4 is 21.8 Å². The molecule has 2 saturated heterocycles. The van der Waals surface area contributed by atoms with Gasteiger partial charge in [0.1, 0.15) is 0 Å². The molecule has 30 heavy (non-hydrogen) atoms. The molecule has 2 aliphatic rings. The van der Waals surface area contributed by atoms with Gasteiger partial charge >= 0.3 is 0 Å². The number of benzene rings is 1. The molecule has 8 heteroatoms. The van der Waals surface area contributed by atoms with Gasteiger partial charge in [-0.3, -0.25) is 4.79 Å². The fourth-order valence-electron chi connectivity index (χ4n) is 4.25. The second-order valence-corrected chi connectivity index (χ2v) is 11.1. The molecule has 3 rings (SSSR count). The minimum Gasteiger partial charge on any atom is -0.372 e. The number of carbonyl (C=O) groups excluding carboxylic acids is 1. The Kier molecular flexibility index (Phi) is 7.42. The van der Waals surface area contributed by atoms with Crippen molar-refractivity contribution < 1.29 is 13.2 Å². The largest absolute Gasteiger partial charge is 0.372 e. The maximum Gasteiger partial charge on any atom is 0.281 e. The van der Waals surface area contributed by atoms with Crippen LogP contribution in [0.5, 0.6) is 0 Å². The van der Waals surface area contributed by atoms with Crippen molar-refractivity contribution in [3.8, 4) is 0 Å². The van der Waals surface area contributed by atoms with Crippen molar-refractivity contribution in [2.45, 2.75) is 45.6 Å². The third-order valence-electron chi connectivity index (χ3n) is 6.44. The molecule has 7 nitrogen and oxygen atoms in total. The summed E-state index contributed by atoms with van der Waals surface area (Å²) in [5.74, 6) is 0.417. The van der Waals surface area contributed by atoms with E-state index in [1.807, 2.05) is 6.92 Å². The smallest absolute Gasteiger partial charge is 0.281 e. The number of carbonyl (C=O) groups is 1. The van der Waals surface area contributed by atoms with E-state index < -0.39 is 10.2 Å². The summed E-state index contributed by atoms with van der Waals surface area (Å²) in [6, 6.07) is 8.33. The first-order valence-electron chi connectivity index (χ1n) is 11.0. The monoisotopic (exact) mass is 436 g/mol. The SMILES string of the molecule is CC1CCN(c2ccc([C@@H](C)NC(=O)[C@H]3CCCN(S(=O)(=O)N(C)C)C3)cc2)CC1. The zero-order valence-corrected chi connectivity index (χ0v) is 19.5. The van der Waals surface area contributed by atoms with Crippen molar-refractivity contribution in [2.24, 2.45) is 11.8 Å². The van der Waals surface area contributed by atoms with Crippen molar-refractivity contribution in [3.63, 3.8) is 0 Å². The minimum atomic E-state index is -3.48. The number of amides is 1. The molecular weight excluding hydrogens is 400 g/mol. The van der Waals surface area contributed by atoms with Crippen LogP contribution in [0.15, 0.2) is 24.3 Å². The number of piperidine rings is 2. The van der Waals surface area contributed by atoms with E-state index in [4.69, 9.17) is 0 Å². The Hall–Kier alpha value is -1.64. The molecule has 2 heterocycles. The normalized spacial score (nSPS) is 22.8. The summed E-state index contributed by atoms with van der Waals surface area (Å²) in [6.07, 6.45) is 3.87. The van der Waals surface area contributed by atoms with Gasteiger partial charge in [-0.15, -0.1) is 0 Å². The Labute approximate surface area is 181 Å². The first-order chi connectivity index (χ1) is 14.2. The second kappa shape index (κ2) is 9.66. The summed E-state index contributed by atoms with van der Waals surface area (Å²) in [7, 11) is -0.438. The third kappa shape index (κ3) is 5.34. The van der Waals surface area contributed by atoms with Gasteiger partial charge in [0.15, 0.2) is 0 Å². The third-order valence-corrected chi connectivity index (χ3v) is 8.35. The Morgan fingerprint density at radius 1 is 1.10 bits per heavy atom. The summed E-state index contributed by atoms with van der Waals surface area (Å²) >= 11 is 0. The van der Waals surface area contributed by atoms with E-state index in [1.165, 1.54) is 41.2 Å². The Morgan fingerprint density at radius 2 is 1.73 bits per heavy atom. The van der Waals surface area contributed by atoms with Gasteiger partial charge in [0.2, 0.25) is 5.91 Å². The van der Waals surface area contributed by atoms with Gasteiger partial charge < -0.3 is 10.2 Å². The van der Waals surface area contributed by atoms with Gasteiger partial charge in [-0.2, -0.15) is 17.0 Å². The summed E-state index contributed by atoms with van der Waals surface area (Å²) < 4.78 is 27.4. The van der Waals surface area contributed by atoms with Crippen LogP contribution in [0.25, 0.3) is 0 Å². The molecular formula is C22H36N4O3S. The molecule has 0 aromatic heterocycles. The topological polar surface area (TPSA) is 73.0 Å². The van der Waals surface area contributed by atoms with Crippen molar-refractivity contribution in [3.05, 3.63) is 29.8 Å². The first kappa shape index (κ1) is 23.0. The van der Waals surface area contributed by atoms with Gasteiger partial charge in [-0.25, -0.2) is 0 Å². The average Bonchev–Trinajstić information content (AvgIpc) is 2.74. The van der Waals surface area contributed by atoms with Gasteiger partial charge in [0.25, 0.3) is 10.2 Å². The van der Waals surface area contributed by atoms with Crippen LogP contribution in [0.3, 0.4) is 0 Å². The van der Waals surface area contributed by atoms with Gasteiger partial charge in [0.05, 0.1) is 12.0 Å².